The Hall–Kier alpha value is -2.08. The predicted molar refractivity (Wildman–Crippen MR) is 79.0 cm³/mol. The van der Waals surface area contributed by atoms with Crippen LogP contribution in [-0.4, -0.2) is 19.9 Å². The summed E-state index contributed by atoms with van der Waals surface area (Å²) in [6.45, 7) is 0.768. The van der Waals surface area contributed by atoms with E-state index in [4.69, 9.17) is 4.52 Å². The van der Waals surface area contributed by atoms with Crippen LogP contribution in [0.25, 0.3) is 0 Å². The highest BCUT2D eigenvalue weighted by Crippen LogP contribution is 2.45. The zero-order valence-electron chi connectivity index (χ0n) is 11.3. The molecule has 2 aromatic heterocycles. The summed E-state index contributed by atoms with van der Waals surface area (Å²) in [6.07, 6.45) is 5.40. The number of hydrogen-bond donors (Lipinski definition) is 0. The van der Waals surface area contributed by atoms with Gasteiger partial charge in [-0.1, -0.05) is 23.4 Å². The molecule has 0 unspecified atom stereocenters. The Morgan fingerprint density at radius 3 is 3.10 bits per heavy atom. The first-order valence-electron chi connectivity index (χ1n) is 6.93. The van der Waals surface area contributed by atoms with Gasteiger partial charge in [0.05, 0.1) is 5.25 Å². The minimum absolute atomic E-state index is 0.244. The summed E-state index contributed by atoms with van der Waals surface area (Å²) in [4.78, 5) is 5.85. The Balaban J connectivity index is 1.44. The zero-order valence-corrected chi connectivity index (χ0v) is 12.2. The van der Waals surface area contributed by atoms with Gasteiger partial charge < -0.3 is 4.52 Å². The van der Waals surface area contributed by atoms with Gasteiger partial charge in [-0.15, -0.1) is 11.8 Å². The molecule has 0 fully saturated rings. The number of rotatable bonds is 4. The van der Waals surface area contributed by atoms with Gasteiger partial charge in [-0.3, -0.25) is 4.68 Å². The SMILES string of the molecule is c1ccc2c(c1)C[C@H](c1nc(CCn3cccn3)no1)S2. The fourth-order valence-corrected chi connectivity index (χ4v) is 3.69. The van der Waals surface area contributed by atoms with Gasteiger partial charge in [0.1, 0.15) is 0 Å². The lowest BCUT2D eigenvalue weighted by atomic mass is 10.1. The van der Waals surface area contributed by atoms with Gasteiger partial charge in [0.25, 0.3) is 0 Å². The van der Waals surface area contributed by atoms with Crippen LogP contribution in [-0.2, 0) is 19.4 Å². The molecule has 0 amide bonds. The molecule has 0 radical (unpaired) electrons. The average molecular weight is 298 g/mol. The van der Waals surface area contributed by atoms with Crippen LogP contribution in [0.15, 0.2) is 52.1 Å². The van der Waals surface area contributed by atoms with Crippen LogP contribution in [0.5, 0.6) is 0 Å². The Morgan fingerprint density at radius 2 is 2.24 bits per heavy atom. The lowest BCUT2D eigenvalue weighted by Crippen LogP contribution is -2.03. The lowest BCUT2D eigenvalue weighted by molar-refractivity contribution is 0.370. The maximum atomic E-state index is 5.44. The number of nitrogens with zero attached hydrogens (tertiary/aromatic N) is 4. The zero-order chi connectivity index (χ0) is 14.1. The highest BCUT2D eigenvalue weighted by atomic mass is 32.2. The van der Waals surface area contributed by atoms with Gasteiger partial charge in [0, 0.05) is 30.3 Å². The molecule has 0 saturated carbocycles. The molecule has 1 atom stereocenters. The molecule has 1 aliphatic heterocycles. The van der Waals surface area contributed by atoms with Crippen molar-refractivity contribution >= 4 is 11.8 Å². The van der Waals surface area contributed by atoms with Crippen molar-refractivity contribution < 1.29 is 4.52 Å². The molecule has 106 valence electrons. The van der Waals surface area contributed by atoms with E-state index in [0.717, 1.165) is 31.1 Å². The number of hydrogen-bond acceptors (Lipinski definition) is 5. The lowest BCUT2D eigenvalue weighted by Gasteiger charge is -2.00. The molecule has 0 N–H and O–H groups in total. The third-order valence-electron chi connectivity index (χ3n) is 3.53. The van der Waals surface area contributed by atoms with E-state index < -0.39 is 0 Å². The van der Waals surface area contributed by atoms with Crippen LogP contribution < -0.4 is 0 Å². The summed E-state index contributed by atoms with van der Waals surface area (Å²) in [5, 5.41) is 8.50. The van der Waals surface area contributed by atoms with Crippen LogP contribution in [0, 0.1) is 0 Å². The Bertz CT molecular complexity index is 713. The van der Waals surface area contributed by atoms with Gasteiger partial charge in [-0.05, 0) is 24.1 Å². The molecule has 21 heavy (non-hydrogen) atoms. The van der Waals surface area contributed by atoms with Crippen LogP contribution in [0.3, 0.4) is 0 Å². The van der Waals surface area contributed by atoms with E-state index in [9.17, 15) is 0 Å². The van der Waals surface area contributed by atoms with Gasteiger partial charge in [-0.2, -0.15) is 10.1 Å². The Morgan fingerprint density at radius 1 is 1.29 bits per heavy atom. The molecule has 0 bridgehead atoms. The quantitative estimate of drug-likeness (QED) is 0.741. The largest absolute Gasteiger partial charge is 0.338 e. The first kappa shape index (κ1) is 12.6. The summed E-state index contributed by atoms with van der Waals surface area (Å²) in [6, 6.07) is 10.4. The second kappa shape index (κ2) is 5.37. The third kappa shape index (κ3) is 2.58. The second-order valence-corrected chi connectivity index (χ2v) is 6.23. The van der Waals surface area contributed by atoms with Gasteiger partial charge in [0.15, 0.2) is 5.82 Å². The number of aromatic nitrogens is 4. The van der Waals surface area contributed by atoms with Crippen molar-refractivity contribution in [3.8, 4) is 0 Å². The van der Waals surface area contributed by atoms with Crippen LogP contribution in [0.2, 0.25) is 0 Å². The maximum absolute atomic E-state index is 5.44. The predicted octanol–water partition coefficient (Wildman–Crippen LogP) is 2.90. The van der Waals surface area contributed by atoms with Crippen molar-refractivity contribution in [2.75, 3.05) is 0 Å². The topological polar surface area (TPSA) is 56.7 Å². The molecular formula is C15H14N4OS. The summed E-state index contributed by atoms with van der Waals surface area (Å²) in [5.74, 6) is 1.48. The minimum atomic E-state index is 0.244. The molecule has 3 heterocycles. The minimum Gasteiger partial charge on any atom is -0.338 e. The third-order valence-corrected chi connectivity index (χ3v) is 4.84. The van der Waals surface area contributed by atoms with Crippen LogP contribution in [0.1, 0.15) is 22.5 Å². The first-order chi connectivity index (χ1) is 10.4. The van der Waals surface area contributed by atoms with E-state index in [1.54, 1.807) is 18.0 Å². The Kier molecular flexibility index (Phi) is 3.23. The maximum Gasteiger partial charge on any atom is 0.240 e. The summed E-state index contributed by atoms with van der Waals surface area (Å²) in [7, 11) is 0. The van der Waals surface area contributed by atoms with Crippen LogP contribution in [0.4, 0.5) is 0 Å². The monoisotopic (exact) mass is 298 g/mol. The molecule has 1 aliphatic rings. The van der Waals surface area contributed by atoms with Gasteiger partial charge in [-0.25, -0.2) is 0 Å². The molecule has 0 saturated heterocycles. The molecule has 6 heteroatoms. The number of benzene rings is 1. The van der Waals surface area contributed by atoms with E-state index in [1.807, 2.05) is 16.9 Å². The van der Waals surface area contributed by atoms with E-state index in [-0.39, 0.29) is 5.25 Å². The first-order valence-corrected chi connectivity index (χ1v) is 7.81. The molecule has 0 spiro atoms. The van der Waals surface area contributed by atoms with Crippen molar-refractivity contribution in [1.29, 1.82) is 0 Å². The smallest absolute Gasteiger partial charge is 0.240 e. The highest BCUT2D eigenvalue weighted by Gasteiger charge is 2.27. The number of fused-ring (bicyclic) bond motifs is 1. The van der Waals surface area contributed by atoms with Gasteiger partial charge in [0.2, 0.25) is 5.89 Å². The van der Waals surface area contributed by atoms with Crippen molar-refractivity contribution in [1.82, 2.24) is 19.9 Å². The Labute approximate surface area is 126 Å². The molecule has 3 aromatic rings. The molecular weight excluding hydrogens is 284 g/mol. The van der Waals surface area contributed by atoms with E-state index in [0.29, 0.717) is 0 Å². The normalized spacial score (nSPS) is 17.0. The average Bonchev–Trinajstić information content (AvgIpc) is 3.24. The van der Waals surface area contributed by atoms with E-state index in [1.165, 1.54) is 10.5 Å². The van der Waals surface area contributed by atoms with E-state index in [2.05, 4.69) is 39.5 Å². The van der Waals surface area contributed by atoms with E-state index >= 15 is 0 Å². The standard InChI is InChI=1S/C15H14N4OS/c1-2-5-12-11(4-1)10-13(21-12)15-17-14(18-20-15)6-9-19-8-3-7-16-19/h1-5,7-8,13H,6,9-10H2/t13-/m1/s1. The van der Waals surface area contributed by atoms with Crippen molar-refractivity contribution in [2.24, 2.45) is 0 Å². The summed E-state index contributed by atoms with van der Waals surface area (Å²) in [5.41, 5.74) is 1.36. The number of thioether (sulfide) groups is 1. The van der Waals surface area contributed by atoms with Crippen molar-refractivity contribution in [3.05, 3.63) is 60.0 Å². The summed E-state index contributed by atoms with van der Waals surface area (Å²) >= 11 is 1.80. The fourth-order valence-electron chi connectivity index (χ4n) is 2.47. The fraction of sp³-hybridized carbons (Fsp3) is 0.267. The van der Waals surface area contributed by atoms with Crippen LogP contribution >= 0.6 is 11.8 Å². The molecule has 1 aromatic carbocycles. The van der Waals surface area contributed by atoms with Crippen molar-refractivity contribution in [2.45, 2.75) is 29.5 Å². The van der Waals surface area contributed by atoms with Gasteiger partial charge >= 0.3 is 0 Å². The molecule has 0 aliphatic carbocycles. The second-order valence-electron chi connectivity index (χ2n) is 4.99. The number of aryl methyl sites for hydroxylation is 2. The highest BCUT2D eigenvalue weighted by molar-refractivity contribution is 7.99. The van der Waals surface area contributed by atoms with Crippen molar-refractivity contribution in [3.63, 3.8) is 0 Å². The molecule has 4 rings (SSSR count). The summed E-state index contributed by atoms with van der Waals surface area (Å²) < 4.78 is 7.31. The molecule has 5 nitrogen and oxygen atoms in total.